The summed E-state index contributed by atoms with van der Waals surface area (Å²) in [6.45, 7) is 1.91. The molecule has 0 spiro atoms. The summed E-state index contributed by atoms with van der Waals surface area (Å²) in [6, 6.07) is 6.79. The van der Waals surface area contributed by atoms with Gasteiger partial charge in [0.15, 0.2) is 23.0 Å². The number of nitrogens with zero attached hydrogens (tertiary/aromatic N) is 4. The Morgan fingerprint density at radius 3 is 1.67 bits per heavy atom. The van der Waals surface area contributed by atoms with E-state index in [1.165, 1.54) is 22.7 Å². The van der Waals surface area contributed by atoms with Gasteiger partial charge in [0.05, 0.1) is 25.0 Å². The van der Waals surface area contributed by atoms with Crippen LogP contribution in [0.15, 0.2) is 24.3 Å². The Hall–Kier alpha value is -2.74. The number of rotatable bonds is 5. The number of carboxylic acids is 1. The van der Waals surface area contributed by atoms with Gasteiger partial charge in [-0.2, -0.15) is 0 Å². The highest BCUT2D eigenvalue weighted by Gasteiger charge is 2.20. The zero-order valence-corrected chi connectivity index (χ0v) is 22.6. The maximum absolute atomic E-state index is 11.7. The Morgan fingerprint density at radius 2 is 1.28 bits per heavy atom. The Morgan fingerprint density at radius 1 is 0.833 bits per heavy atom. The zero-order valence-electron chi connectivity index (χ0n) is 18.0. The molecule has 4 aromatic rings. The number of halogens is 4. The number of aromatic carboxylic acids is 1. The molecule has 0 unspecified atom stereocenters. The molecule has 10 nitrogen and oxygen atoms in total. The lowest BCUT2D eigenvalue weighted by atomic mass is 10.3. The number of hydrogen-bond acceptors (Lipinski definition) is 11. The number of aromatic nitrogens is 4. The van der Waals surface area contributed by atoms with E-state index >= 15 is 0 Å². The lowest BCUT2D eigenvalue weighted by molar-refractivity contribution is 0.0519. The average molecular weight is 608 g/mol. The van der Waals surface area contributed by atoms with E-state index in [0.717, 1.165) is 0 Å². The molecule has 16 heteroatoms. The monoisotopic (exact) mass is 606 g/mol. The van der Waals surface area contributed by atoms with Crippen molar-refractivity contribution in [2.75, 3.05) is 18.1 Å². The Bertz CT molecular complexity index is 1450. The smallest absolute Gasteiger partial charge is 0.358 e. The number of carboxylic acid groups (broad SMARTS) is 1. The van der Waals surface area contributed by atoms with E-state index in [1.807, 2.05) is 0 Å². The summed E-state index contributed by atoms with van der Waals surface area (Å²) in [7, 11) is 0. The van der Waals surface area contributed by atoms with Crippen molar-refractivity contribution in [1.29, 1.82) is 0 Å². The van der Waals surface area contributed by atoms with Gasteiger partial charge >= 0.3 is 11.9 Å². The van der Waals surface area contributed by atoms with Crippen molar-refractivity contribution in [2.45, 2.75) is 6.92 Å². The molecule has 188 valence electrons. The number of esters is 1. The molecule has 0 saturated heterocycles. The van der Waals surface area contributed by atoms with E-state index in [4.69, 9.17) is 67.7 Å². The van der Waals surface area contributed by atoms with Crippen LogP contribution in [0.5, 0.6) is 0 Å². The number of anilines is 2. The van der Waals surface area contributed by atoms with Gasteiger partial charge in [0, 0.05) is 0 Å². The molecule has 0 aliphatic rings. The Kier molecular flexibility index (Phi) is 9.28. The molecule has 36 heavy (non-hydrogen) atoms. The number of ether oxygens (including phenoxy) is 1. The van der Waals surface area contributed by atoms with Crippen LogP contribution in [-0.2, 0) is 4.74 Å². The Labute approximate surface area is 231 Å². The van der Waals surface area contributed by atoms with Crippen LogP contribution in [0.3, 0.4) is 0 Å². The average Bonchev–Trinajstić information content (AvgIpc) is 3.46. The van der Waals surface area contributed by atoms with Gasteiger partial charge in [-0.15, -0.1) is 22.7 Å². The van der Waals surface area contributed by atoms with Crippen LogP contribution in [-0.4, -0.2) is 43.6 Å². The molecule has 0 bridgehead atoms. The fraction of sp³-hybridized carbons (Fsp3) is 0.100. The highest BCUT2D eigenvalue weighted by molar-refractivity contribution is 7.19. The van der Waals surface area contributed by atoms with Gasteiger partial charge in [-0.1, -0.05) is 46.4 Å². The van der Waals surface area contributed by atoms with Crippen LogP contribution in [0.1, 0.15) is 27.9 Å². The molecular weight excluding hydrogens is 594 g/mol. The lowest BCUT2D eigenvalue weighted by Gasteiger charge is -2.07. The fourth-order valence-corrected chi connectivity index (χ4v) is 4.78. The van der Waals surface area contributed by atoms with Crippen LogP contribution in [0, 0.1) is 0 Å². The number of carbonyl (C=O) groups excluding carboxylic acids is 1. The first-order chi connectivity index (χ1) is 17.0. The third kappa shape index (κ3) is 6.52. The predicted octanol–water partition coefficient (Wildman–Crippen LogP) is 6.06. The quantitative estimate of drug-likeness (QED) is 0.227. The maximum atomic E-state index is 11.7. The van der Waals surface area contributed by atoms with Crippen molar-refractivity contribution in [3.8, 4) is 21.4 Å². The first kappa shape index (κ1) is 27.8. The van der Waals surface area contributed by atoms with E-state index in [2.05, 4.69) is 19.9 Å². The van der Waals surface area contributed by atoms with Crippen molar-refractivity contribution in [3.05, 3.63) is 54.4 Å². The molecule has 0 radical (unpaired) electrons. The predicted molar refractivity (Wildman–Crippen MR) is 142 cm³/mol. The summed E-state index contributed by atoms with van der Waals surface area (Å²) in [4.78, 5) is 39.9. The minimum atomic E-state index is -1.26. The lowest BCUT2D eigenvalue weighted by Crippen LogP contribution is -2.11. The van der Waals surface area contributed by atoms with Crippen molar-refractivity contribution in [1.82, 2.24) is 19.9 Å². The van der Waals surface area contributed by atoms with E-state index in [0.29, 0.717) is 24.3 Å². The normalized spacial score (nSPS) is 10.5. The third-order valence-electron chi connectivity index (χ3n) is 4.01. The molecule has 0 aliphatic heterocycles. The van der Waals surface area contributed by atoms with Gasteiger partial charge in [-0.05, 0) is 31.2 Å². The van der Waals surface area contributed by atoms with Crippen LogP contribution in [0.4, 0.5) is 11.6 Å². The largest absolute Gasteiger partial charge is 0.476 e. The molecule has 4 rings (SSSR count). The molecule has 0 fully saturated rings. The zero-order chi connectivity index (χ0) is 26.6. The molecule has 5 N–H and O–H groups in total. The summed E-state index contributed by atoms with van der Waals surface area (Å²) in [5.74, 6) is -1.45. The summed E-state index contributed by atoms with van der Waals surface area (Å²) < 4.78 is 6.01. The number of nitrogens with two attached hydrogens (primary N) is 2. The van der Waals surface area contributed by atoms with Crippen LogP contribution in [0.25, 0.3) is 21.4 Å². The van der Waals surface area contributed by atoms with Crippen LogP contribution >= 0.6 is 69.1 Å². The number of thiophene rings is 2. The van der Waals surface area contributed by atoms with Gasteiger partial charge in [-0.3, -0.25) is 0 Å². The third-order valence-corrected chi connectivity index (χ3v) is 7.21. The molecule has 0 aromatic carbocycles. The SMILES string of the molecule is CCOC(=O)c1nc(-c2ccc(Cl)s2)nc(N)c1Cl.Nc1nc(-c2ccc(Cl)s2)nc(C(=O)O)c1Cl. The van der Waals surface area contributed by atoms with Gasteiger partial charge in [0.25, 0.3) is 0 Å². The van der Waals surface area contributed by atoms with Crippen molar-refractivity contribution in [3.63, 3.8) is 0 Å². The van der Waals surface area contributed by atoms with Crippen molar-refractivity contribution < 1.29 is 19.4 Å². The molecule has 4 heterocycles. The molecule has 0 saturated carbocycles. The van der Waals surface area contributed by atoms with Crippen molar-refractivity contribution in [2.24, 2.45) is 0 Å². The van der Waals surface area contributed by atoms with E-state index in [-0.39, 0.29) is 45.5 Å². The van der Waals surface area contributed by atoms with Gasteiger partial charge in [0.2, 0.25) is 0 Å². The number of nitrogen functional groups attached to an aromatic ring is 2. The van der Waals surface area contributed by atoms with Crippen molar-refractivity contribution >= 4 is 92.7 Å². The fourth-order valence-electron chi connectivity index (χ4n) is 2.49. The number of carbonyl (C=O) groups is 2. The van der Waals surface area contributed by atoms with Gasteiger partial charge in [0.1, 0.15) is 21.7 Å². The van der Waals surface area contributed by atoms with E-state index < -0.39 is 11.9 Å². The highest BCUT2D eigenvalue weighted by atomic mass is 35.5. The highest BCUT2D eigenvalue weighted by Crippen LogP contribution is 2.32. The van der Waals surface area contributed by atoms with Gasteiger partial charge < -0.3 is 21.3 Å². The van der Waals surface area contributed by atoms with E-state index in [9.17, 15) is 9.59 Å². The molecule has 4 aromatic heterocycles. The molecular formula is C20H14Cl4N6O4S2. The summed E-state index contributed by atoms with van der Waals surface area (Å²) in [6.07, 6.45) is 0. The first-order valence-electron chi connectivity index (χ1n) is 9.59. The standard InChI is InChI=1S/C11H9Cl2N3O2S.C9H5Cl2N3O2S/c1-2-18-11(17)8-7(13)9(14)16-10(15-8)5-3-4-6(12)19-5;10-4-2-1-3(17-4)8-13-6(9(15)16)5(11)7(12)14-8/h3-4H,2H2,1H3,(H2,14,15,16);1-2H,(H,15,16)(H2,12,13,14). The summed E-state index contributed by atoms with van der Waals surface area (Å²) in [5, 5.41) is 8.74. The van der Waals surface area contributed by atoms with Crippen LogP contribution < -0.4 is 11.5 Å². The molecule has 0 amide bonds. The minimum Gasteiger partial charge on any atom is -0.476 e. The summed E-state index contributed by atoms with van der Waals surface area (Å²) >= 11 is 25.7. The molecule has 0 atom stereocenters. The van der Waals surface area contributed by atoms with Gasteiger partial charge in [-0.25, -0.2) is 29.5 Å². The Balaban J connectivity index is 0.000000202. The topological polar surface area (TPSA) is 167 Å². The molecule has 0 aliphatic carbocycles. The number of hydrogen-bond donors (Lipinski definition) is 3. The summed E-state index contributed by atoms with van der Waals surface area (Å²) in [5.41, 5.74) is 10.8. The second-order valence-corrected chi connectivity index (χ2v) is 10.6. The first-order valence-corrected chi connectivity index (χ1v) is 12.7. The second kappa shape index (κ2) is 12.0. The van der Waals surface area contributed by atoms with Crippen LogP contribution in [0.2, 0.25) is 18.7 Å². The maximum Gasteiger partial charge on any atom is 0.358 e. The van der Waals surface area contributed by atoms with E-state index in [1.54, 1.807) is 31.2 Å². The second-order valence-electron chi connectivity index (χ2n) is 6.42. The minimum absolute atomic E-state index is 0.00940.